The Kier molecular flexibility index (Phi) is 8.62. The van der Waals surface area contributed by atoms with Gasteiger partial charge in [-0.25, -0.2) is 8.42 Å². The summed E-state index contributed by atoms with van der Waals surface area (Å²) in [7, 11) is -2.35. The third kappa shape index (κ3) is 6.85. The van der Waals surface area contributed by atoms with Crippen LogP contribution in [0, 0.1) is 0 Å². The third-order valence-electron chi connectivity index (χ3n) is 5.81. The predicted octanol–water partition coefficient (Wildman–Crippen LogP) is 3.81. The summed E-state index contributed by atoms with van der Waals surface area (Å²) in [6.07, 6.45) is 4.88. The molecule has 0 aliphatic carbocycles. The van der Waals surface area contributed by atoms with E-state index in [9.17, 15) is 13.2 Å². The minimum Gasteiger partial charge on any atom is -0.495 e. The van der Waals surface area contributed by atoms with Gasteiger partial charge in [-0.15, -0.1) is 0 Å². The van der Waals surface area contributed by atoms with Crippen molar-refractivity contribution in [3.8, 4) is 5.75 Å². The van der Waals surface area contributed by atoms with Crippen molar-refractivity contribution < 1.29 is 17.9 Å². The molecule has 1 atom stereocenters. The molecule has 2 aromatic carbocycles. The van der Waals surface area contributed by atoms with E-state index in [2.05, 4.69) is 22.3 Å². The van der Waals surface area contributed by atoms with Gasteiger partial charge < -0.3 is 10.1 Å². The Hall–Kier alpha value is -2.29. The first kappa shape index (κ1) is 25.3. The maximum absolute atomic E-state index is 12.9. The van der Waals surface area contributed by atoms with Crippen LogP contribution >= 0.6 is 11.6 Å². The molecule has 2 aromatic rings. The van der Waals surface area contributed by atoms with Crippen LogP contribution in [0.25, 0.3) is 0 Å². The average molecular weight is 494 g/mol. The van der Waals surface area contributed by atoms with Crippen molar-refractivity contribution in [2.24, 2.45) is 0 Å². The van der Waals surface area contributed by atoms with Gasteiger partial charge in [0.2, 0.25) is 15.9 Å². The maximum atomic E-state index is 12.9. The van der Waals surface area contributed by atoms with Crippen LogP contribution in [0.15, 0.2) is 42.5 Å². The molecule has 33 heavy (non-hydrogen) atoms. The number of hydrogen-bond acceptors (Lipinski definition) is 5. The quantitative estimate of drug-likeness (QED) is 0.574. The van der Waals surface area contributed by atoms with E-state index in [1.54, 1.807) is 19.1 Å². The Bertz CT molecular complexity index is 1050. The zero-order valence-corrected chi connectivity index (χ0v) is 21.0. The average Bonchev–Trinajstić information content (AvgIpc) is 2.78. The molecule has 1 saturated heterocycles. The van der Waals surface area contributed by atoms with Crippen LogP contribution in [0.3, 0.4) is 0 Å². The summed E-state index contributed by atoms with van der Waals surface area (Å²) in [4.78, 5) is 15.4. The molecule has 0 bridgehead atoms. The largest absolute Gasteiger partial charge is 0.495 e. The normalized spacial score (nSPS) is 15.6. The van der Waals surface area contributed by atoms with E-state index in [-0.39, 0.29) is 5.69 Å². The third-order valence-corrected chi connectivity index (χ3v) is 7.27. The lowest BCUT2D eigenvalue weighted by atomic mass is 10.1. The van der Waals surface area contributed by atoms with Gasteiger partial charge in [0, 0.05) is 18.1 Å². The second-order valence-corrected chi connectivity index (χ2v) is 10.7. The predicted molar refractivity (Wildman–Crippen MR) is 132 cm³/mol. The highest BCUT2D eigenvalue weighted by Crippen LogP contribution is 2.34. The second-order valence-electron chi connectivity index (χ2n) is 8.42. The lowest BCUT2D eigenvalue weighted by Gasteiger charge is -2.29. The fourth-order valence-electron chi connectivity index (χ4n) is 4.09. The Balaban J connectivity index is 1.66. The Morgan fingerprint density at radius 3 is 2.36 bits per heavy atom. The number of methoxy groups -OCH3 is 1. The van der Waals surface area contributed by atoms with E-state index in [0.29, 0.717) is 17.3 Å². The number of carbonyl (C=O) groups is 1. The van der Waals surface area contributed by atoms with Gasteiger partial charge in [-0.2, -0.15) is 0 Å². The molecule has 1 heterocycles. The fraction of sp³-hybridized carbons (Fsp3) is 0.458. The van der Waals surface area contributed by atoms with Crippen molar-refractivity contribution >= 4 is 33.2 Å². The van der Waals surface area contributed by atoms with Crippen molar-refractivity contribution in [3.63, 3.8) is 0 Å². The molecule has 0 saturated carbocycles. The van der Waals surface area contributed by atoms with Crippen molar-refractivity contribution in [1.29, 1.82) is 0 Å². The van der Waals surface area contributed by atoms with Gasteiger partial charge >= 0.3 is 0 Å². The summed E-state index contributed by atoms with van der Waals surface area (Å²) in [5, 5.41) is 3.19. The van der Waals surface area contributed by atoms with Gasteiger partial charge in [-0.1, -0.05) is 42.3 Å². The second kappa shape index (κ2) is 11.2. The molecule has 1 fully saturated rings. The fourth-order valence-corrected chi connectivity index (χ4v) is 5.43. The number of nitrogens with one attached hydrogen (secondary N) is 1. The SMILES string of the molecule is COc1ccc(Cl)cc1N(C(C)C(=O)NCc1ccc(CN2CCCCC2)cc1)S(C)(=O)=O. The van der Waals surface area contributed by atoms with E-state index in [1.807, 2.05) is 12.1 Å². The van der Waals surface area contributed by atoms with Gasteiger partial charge in [0.05, 0.1) is 19.1 Å². The molecule has 1 unspecified atom stereocenters. The molecule has 0 aromatic heterocycles. The molecule has 1 amide bonds. The summed E-state index contributed by atoms with van der Waals surface area (Å²) in [6, 6.07) is 11.8. The van der Waals surface area contributed by atoms with Crippen LogP contribution < -0.4 is 14.4 Å². The van der Waals surface area contributed by atoms with Gasteiger partial charge in [-0.3, -0.25) is 14.0 Å². The van der Waals surface area contributed by atoms with Crippen molar-refractivity contribution in [2.75, 3.05) is 30.8 Å². The summed E-state index contributed by atoms with van der Waals surface area (Å²) in [6.45, 7) is 5.07. The van der Waals surface area contributed by atoms with Crippen molar-refractivity contribution in [2.45, 2.75) is 45.3 Å². The number of nitrogens with zero attached hydrogens (tertiary/aromatic N) is 2. The minimum absolute atomic E-state index is 0.220. The topological polar surface area (TPSA) is 79.0 Å². The smallest absolute Gasteiger partial charge is 0.243 e. The number of sulfonamides is 1. The first-order valence-electron chi connectivity index (χ1n) is 11.1. The van der Waals surface area contributed by atoms with Crippen LogP contribution in [0.4, 0.5) is 5.69 Å². The zero-order chi connectivity index (χ0) is 24.0. The molecule has 3 rings (SSSR count). The highest BCUT2D eigenvalue weighted by Gasteiger charge is 2.31. The highest BCUT2D eigenvalue weighted by molar-refractivity contribution is 7.92. The maximum Gasteiger partial charge on any atom is 0.243 e. The van der Waals surface area contributed by atoms with Gasteiger partial charge in [0.1, 0.15) is 11.8 Å². The molecular formula is C24H32ClN3O4S. The van der Waals surface area contributed by atoms with E-state index in [1.165, 1.54) is 38.0 Å². The molecule has 0 radical (unpaired) electrons. The molecule has 180 valence electrons. The number of carbonyl (C=O) groups excluding carboxylic acids is 1. The number of benzene rings is 2. The number of rotatable bonds is 9. The Labute approximate surface area is 201 Å². The van der Waals surface area contributed by atoms with Gasteiger partial charge in [0.15, 0.2) is 0 Å². The van der Waals surface area contributed by atoms with Crippen LogP contribution in [0.5, 0.6) is 5.75 Å². The lowest BCUT2D eigenvalue weighted by molar-refractivity contribution is -0.122. The molecule has 0 spiro atoms. The lowest BCUT2D eigenvalue weighted by Crippen LogP contribution is -2.47. The van der Waals surface area contributed by atoms with Crippen LogP contribution in [-0.2, 0) is 27.9 Å². The van der Waals surface area contributed by atoms with Gasteiger partial charge in [-0.05, 0) is 62.2 Å². The molecule has 1 aliphatic rings. The van der Waals surface area contributed by atoms with Crippen LogP contribution in [0.2, 0.25) is 5.02 Å². The standard InChI is InChI=1S/C24H32ClN3O4S/c1-18(28(33(3,30)31)22-15-21(25)11-12-23(22)32-2)24(29)26-16-19-7-9-20(10-8-19)17-27-13-5-4-6-14-27/h7-12,15,18H,4-6,13-14,16-17H2,1-3H3,(H,26,29). The van der Waals surface area contributed by atoms with Crippen LogP contribution in [0.1, 0.15) is 37.3 Å². The molecular weight excluding hydrogens is 462 g/mol. The Morgan fingerprint density at radius 2 is 1.76 bits per heavy atom. The number of halogens is 1. The number of amides is 1. The zero-order valence-electron chi connectivity index (χ0n) is 19.4. The number of likely N-dealkylation sites (tertiary alicyclic amines) is 1. The van der Waals surface area contributed by atoms with Crippen molar-refractivity contribution in [3.05, 3.63) is 58.6 Å². The minimum atomic E-state index is -3.79. The summed E-state index contributed by atoms with van der Waals surface area (Å²) < 4.78 is 31.5. The first-order valence-corrected chi connectivity index (χ1v) is 13.3. The number of ether oxygens (including phenoxy) is 1. The summed E-state index contributed by atoms with van der Waals surface area (Å²) in [5.74, 6) is -0.103. The van der Waals surface area contributed by atoms with Gasteiger partial charge in [0.25, 0.3) is 0 Å². The molecule has 1 aliphatic heterocycles. The highest BCUT2D eigenvalue weighted by atomic mass is 35.5. The van der Waals surface area contributed by atoms with E-state index in [4.69, 9.17) is 16.3 Å². The van der Waals surface area contributed by atoms with E-state index >= 15 is 0 Å². The Morgan fingerprint density at radius 1 is 1.12 bits per heavy atom. The monoisotopic (exact) mass is 493 g/mol. The molecule has 1 N–H and O–H groups in total. The number of hydrogen-bond donors (Lipinski definition) is 1. The van der Waals surface area contributed by atoms with Crippen molar-refractivity contribution in [1.82, 2.24) is 10.2 Å². The van der Waals surface area contributed by atoms with E-state index < -0.39 is 22.0 Å². The summed E-state index contributed by atoms with van der Waals surface area (Å²) in [5.41, 5.74) is 2.41. The molecule has 9 heteroatoms. The van der Waals surface area contributed by atoms with E-state index in [0.717, 1.165) is 35.8 Å². The van der Waals surface area contributed by atoms with Crippen LogP contribution in [-0.4, -0.2) is 51.7 Å². The number of piperidine rings is 1. The first-order chi connectivity index (χ1) is 15.7. The summed E-state index contributed by atoms with van der Waals surface area (Å²) >= 11 is 6.09. The molecule has 7 nitrogen and oxygen atoms in total. The number of anilines is 1.